The summed E-state index contributed by atoms with van der Waals surface area (Å²) in [6.07, 6.45) is 5.47. The fraction of sp³-hybridized carbons (Fsp3) is 0.611. The third-order valence-electron chi connectivity index (χ3n) is 5.16. The van der Waals surface area contributed by atoms with E-state index in [4.69, 9.17) is 11.6 Å². The number of hydrogen-bond acceptors (Lipinski definition) is 3. The van der Waals surface area contributed by atoms with Crippen LogP contribution in [0.5, 0.6) is 0 Å². The predicted octanol–water partition coefficient (Wildman–Crippen LogP) is 3.15. The molecule has 1 aliphatic carbocycles. The number of carbonyl (C=O) groups is 1. The van der Waals surface area contributed by atoms with Gasteiger partial charge >= 0.3 is 0 Å². The smallest absolute Gasteiger partial charge is 0.238 e. The molecule has 4 nitrogen and oxygen atoms in total. The second-order valence-electron chi connectivity index (χ2n) is 6.71. The lowest BCUT2D eigenvalue weighted by molar-refractivity contribution is -0.117. The van der Waals surface area contributed by atoms with Crippen molar-refractivity contribution < 1.29 is 4.79 Å². The Labute approximate surface area is 143 Å². The van der Waals surface area contributed by atoms with Crippen LogP contribution in [0.15, 0.2) is 18.2 Å². The highest BCUT2D eigenvalue weighted by Gasteiger charge is 2.26. The zero-order valence-electron chi connectivity index (χ0n) is 13.9. The summed E-state index contributed by atoms with van der Waals surface area (Å²) in [4.78, 5) is 17.1. The fourth-order valence-electron chi connectivity index (χ4n) is 3.69. The minimum Gasteiger partial charge on any atom is -0.325 e. The third kappa shape index (κ3) is 4.25. The molecule has 0 atom stereocenters. The molecule has 1 heterocycles. The zero-order chi connectivity index (χ0) is 16.2. The van der Waals surface area contributed by atoms with Crippen LogP contribution >= 0.6 is 11.6 Å². The quantitative estimate of drug-likeness (QED) is 0.918. The van der Waals surface area contributed by atoms with Gasteiger partial charge in [-0.15, -0.1) is 0 Å². The number of hydrogen-bond donors (Lipinski definition) is 1. The average molecular weight is 336 g/mol. The molecule has 1 aromatic rings. The second kappa shape index (κ2) is 7.65. The number of piperazine rings is 1. The molecule has 0 unspecified atom stereocenters. The van der Waals surface area contributed by atoms with Crippen molar-refractivity contribution in [3.8, 4) is 0 Å². The van der Waals surface area contributed by atoms with Crippen LogP contribution in [0.4, 0.5) is 5.69 Å². The minimum atomic E-state index is 0.0460. The summed E-state index contributed by atoms with van der Waals surface area (Å²) in [6.45, 7) is 6.54. The summed E-state index contributed by atoms with van der Waals surface area (Å²) >= 11 is 6.10. The first-order valence-corrected chi connectivity index (χ1v) is 9.02. The van der Waals surface area contributed by atoms with Crippen molar-refractivity contribution >= 4 is 23.2 Å². The SMILES string of the molecule is Cc1c(Cl)cccc1NC(=O)CN1CCN(C2CCCC2)CC1. The number of nitrogens with one attached hydrogen (secondary N) is 1. The van der Waals surface area contributed by atoms with Crippen LogP contribution in [-0.4, -0.2) is 54.5 Å². The molecule has 1 amide bonds. The number of rotatable bonds is 4. The van der Waals surface area contributed by atoms with Crippen LogP contribution in [0, 0.1) is 6.92 Å². The normalized spacial score (nSPS) is 20.8. The maximum absolute atomic E-state index is 12.3. The molecule has 2 aliphatic rings. The van der Waals surface area contributed by atoms with Crippen molar-refractivity contribution in [3.63, 3.8) is 0 Å². The van der Waals surface area contributed by atoms with E-state index < -0.39 is 0 Å². The van der Waals surface area contributed by atoms with Crippen LogP contribution in [0.25, 0.3) is 0 Å². The van der Waals surface area contributed by atoms with E-state index in [1.54, 1.807) is 0 Å². The highest BCUT2D eigenvalue weighted by Crippen LogP contribution is 2.25. The van der Waals surface area contributed by atoms with Crippen LogP contribution in [0.3, 0.4) is 0 Å². The van der Waals surface area contributed by atoms with Crippen molar-refractivity contribution in [2.75, 3.05) is 38.0 Å². The van der Waals surface area contributed by atoms with Gasteiger partial charge in [0.1, 0.15) is 0 Å². The van der Waals surface area contributed by atoms with Crippen molar-refractivity contribution in [1.29, 1.82) is 0 Å². The van der Waals surface area contributed by atoms with Gasteiger partial charge in [0, 0.05) is 42.9 Å². The Hall–Kier alpha value is -1.10. The fourth-order valence-corrected chi connectivity index (χ4v) is 3.87. The lowest BCUT2D eigenvalue weighted by atomic mass is 10.2. The second-order valence-corrected chi connectivity index (χ2v) is 7.12. The number of halogens is 1. The first-order valence-electron chi connectivity index (χ1n) is 8.65. The monoisotopic (exact) mass is 335 g/mol. The standard InChI is InChI=1S/C18H26ClN3O/c1-14-16(19)7-4-8-17(14)20-18(23)13-21-9-11-22(12-10-21)15-5-2-3-6-15/h4,7-8,15H,2-3,5-6,9-13H2,1H3,(H,20,23). The van der Waals surface area contributed by atoms with Gasteiger partial charge in [0.05, 0.1) is 6.54 Å². The molecule has 23 heavy (non-hydrogen) atoms. The van der Waals surface area contributed by atoms with E-state index in [1.807, 2.05) is 25.1 Å². The van der Waals surface area contributed by atoms with Crippen LogP contribution in [0.1, 0.15) is 31.2 Å². The van der Waals surface area contributed by atoms with Gasteiger partial charge in [-0.3, -0.25) is 14.6 Å². The summed E-state index contributed by atoms with van der Waals surface area (Å²) in [5.74, 6) is 0.0460. The van der Waals surface area contributed by atoms with E-state index in [2.05, 4.69) is 15.1 Å². The number of nitrogens with zero attached hydrogens (tertiary/aromatic N) is 2. The molecule has 1 aromatic carbocycles. The van der Waals surface area contributed by atoms with Crippen LogP contribution in [-0.2, 0) is 4.79 Å². The van der Waals surface area contributed by atoms with Gasteiger partial charge in [-0.1, -0.05) is 30.5 Å². The Balaban J connectivity index is 1.46. The number of benzene rings is 1. The van der Waals surface area contributed by atoms with E-state index >= 15 is 0 Å². The topological polar surface area (TPSA) is 35.6 Å². The molecule has 2 fully saturated rings. The van der Waals surface area contributed by atoms with Crippen molar-refractivity contribution in [2.45, 2.75) is 38.6 Å². The van der Waals surface area contributed by atoms with Crippen molar-refractivity contribution in [1.82, 2.24) is 9.80 Å². The van der Waals surface area contributed by atoms with Gasteiger partial charge < -0.3 is 5.32 Å². The molecule has 3 rings (SSSR count). The molecule has 1 aliphatic heterocycles. The molecular weight excluding hydrogens is 310 g/mol. The Morgan fingerprint density at radius 1 is 1.22 bits per heavy atom. The molecule has 0 bridgehead atoms. The van der Waals surface area contributed by atoms with Gasteiger partial charge in [-0.2, -0.15) is 0 Å². The molecule has 126 valence electrons. The first-order chi connectivity index (χ1) is 11.1. The summed E-state index contributed by atoms with van der Waals surface area (Å²) < 4.78 is 0. The molecule has 1 N–H and O–H groups in total. The molecule has 5 heteroatoms. The van der Waals surface area contributed by atoms with Gasteiger partial charge in [0.15, 0.2) is 0 Å². The summed E-state index contributed by atoms with van der Waals surface area (Å²) in [5.41, 5.74) is 1.74. The number of anilines is 1. The maximum atomic E-state index is 12.3. The molecule has 1 saturated carbocycles. The molecular formula is C18H26ClN3O. The lowest BCUT2D eigenvalue weighted by Crippen LogP contribution is -2.51. The minimum absolute atomic E-state index is 0.0460. The van der Waals surface area contributed by atoms with Gasteiger partial charge in [-0.05, 0) is 37.5 Å². The molecule has 1 saturated heterocycles. The number of amides is 1. The maximum Gasteiger partial charge on any atom is 0.238 e. The summed E-state index contributed by atoms with van der Waals surface area (Å²) in [6, 6.07) is 6.40. The van der Waals surface area contributed by atoms with Crippen molar-refractivity contribution in [3.05, 3.63) is 28.8 Å². The van der Waals surface area contributed by atoms with Crippen LogP contribution in [0.2, 0.25) is 5.02 Å². The average Bonchev–Trinajstić information content (AvgIpc) is 3.07. The van der Waals surface area contributed by atoms with E-state index in [9.17, 15) is 4.79 Å². The van der Waals surface area contributed by atoms with E-state index in [0.717, 1.165) is 43.5 Å². The lowest BCUT2D eigenvalue weighted by Gasteiger charge is -2.37. The van der Waals surface area contributed by atoms with E-state index in [0.29, 0.717) is 11.6 Å². The van der Waals surface area contributed by atoms with Gasteiger partial charge in [0.2, 0.25) is 5.91 Å². The summed E-state index contributed by atoms with van der Waals surface area (Å²) in [5, 5.41) is 3.67. The highest BCUT2D eigenvalue weighted by atomic mass is 35.5. The Morgan fingerprint density at radius 2 is 1.91 bits per heavy atom. The van der Waals surface area contributed by atoms with Crippen molar-refractivity contribution in [2.24, 2.45) is 0 Å². The largest absolute Gasteiger partial charge is 0.325 e. The molecule has 0 spiro atoms. The van der Waals surface area contributed by atoms with E-state index in [-0.39, 0.29) is 5.91 Å². The Kier molecular flexibility index (Phi) is 5.57. The molecule has 0 radical (unpaired) electrons. The highest BCUT2D eigenvalue weighted by molar-refractivity contribution is 6.31. The predicted molar refractivity (Wildman–Crippen MR) is 95.1 cm³/mol. The Morgan fingerprint density at radius 3 is 2.61 bits per heavy atom. The number of carbonyl (C=O) groups excluding carboxylic acids is 1. The third-order valence-corrected chi connectivity index (χ3v) is 5.57. The Bertz CT molecular complexity index is 549. The zero-order valence-corrected chi connectivity index (χ0v) is 14.6. The van der Waals surface area contributed by atoms with E-state index in [1.165, 1.54) is 25.7 Å². The van der Waals surface area contributed by atoms with Gasteiger partial charge in [-0.25, -0.2) is 0 Å². The molecule has 0 aromatic heterocycles. The first kappa shape index (κ1) is 16.7. The summed E-state index contributed by atoms with van der Waals surface area (Å²) in [7, 11) is 0. The van der Waals surface area contributed by atoms with Gasteiger partial charge in [0.25, 0.3) is 0 Å². The van der Waals surface area contributed by atoms with Crippen LogP contribution < -0.4 is 5.32 Å².